The van der Waals surface area contributed by atoms with Gasteiger partial charge in [0.05, 0.1) is 0 Å². The summed E-state index contributed by atoms with van der Waals surface area (Å²) in [6.07, 6.45) is 1.45. The Morgan fingerprint density at radius 2 is 2.25 bits per heavy atom. The molecule has 3 N–H and O–H groups in total. The van der Waals surface area contributed by atoms with Gasteiger partial charge in [0.15, 0.2) is 6.04 Å². The minimum atomic E-state index is -0.712. The first kappa shape index (κ1) is 6.77. The normalized spacial score (nSPS) is 22.2. The Kier molecular flexibility index (Phi) is 1.29. The Balaban J connectivity index is 2.26. The number of rotatable bonds is 1. The van der Waals surface area contributed by atoms with Gasteiger partial charge in [0.2, 0.25) is 0 Å². The molecule has 62 valence electrons. The Morgan fingerprint density at radius 3 is 2.75 bits per heavy atom. The lowest BCUT2D eigenvalue weighted by Gasteiger charge is -1.99. The van der Waals surface area contributed by atoms with Crippen LogP contribution in [-0.4, -0.2) is 27.3 Å². The number of nitrogens with zero attached hydrogens (tertiary/aromatic N) is 2. The number of hydrogen-bond donors (Lipinski definition) is 3. The quantitative estimate of drug-likeness (QED) is 0.452. The van der Waals surface area contributed by atoms with Gasteiger partial charge in [-0.3, -0.25) is 15.2 Å². The molecule has 12 heavy (non-hydrogen) atoms. The number of urea groups is 1. The maximum absolute atomic E-state index is 11.0. The van der Waals surface area contributed by atoms with Crippen molar-refractivity contribution in [1.82, 2.24) is 26.0 Å². The van der Waals surface area contributed by atoms with Crippen LogP contribution in [0.3, 0.4) is 0 Å². The van der Waals surface area contributed by atoms with E-state index >= 15 is 0 Å². The van der Waals surface area contributed by atoms with Crippen LogP contribution in [0.1, 0.15) is 11.7 Å². The molecule has 0 aliphatic carbocycles. The number of aromatic amines is 1. The van der Waals surface area contributed by atoms with E-state index in [1.54, 1.807) is 0 Å². The first-order valence-corrected chi connectivity index (χ1v) is 3.25. The third kappa shape index (κ3) is 0.911. The van der Waals surface area contributed by atoms with E-state index in [0.717, 1.165) is 0 Å². The number of amides is 3. The Morgan fingerprint density at radius 1 is 1.42 bits per heavy atom. The Hall–Kier alpha value is -1.92. The van der Waals surface area contributed by atoms with Crippen molar-refractivity contribution in [2.75, 3.05) is 0 Å². The number of carbonyl (C=O) groups is 2. The summed E-state index contributed by atoms with van der Waals surface area (Å²) in [5.74, 6) is -0.408. The van der Waals surface area contributed by atoms with Crippen LogP contribution in [0.25, 0.3) is 0 Å². The summed E-state index contributed by atoms with van der Waals surface area (Å²) in [4.78, 5) is 21.7. The molecule has 0 bridgehead atoms. The minimum absolute atomic E-state index is 0.401. The van der Waals surface area contributed by atoms with Crippen molar-refractivity contribution in [2.45, 2.75) is 6.04 Å². The van der Waals surface area contributed by atoms with E-state index in [-0.39, 0.29) is 0 Å². The van der Waals surface area contributed by atoms with Crippen molar-refractivity contribution in [3.63, 3.8) is 0 Å². The fraction of sp³-hybridized carbons (Fsp3) is 0.200. The fourth-order valence-electron chi connectivity index (χ4n) is 0.977. The van der Waals surface area contributed by atoms with Crippen LogP contribution in [0.4, 0.5) is 4.79 Å². The molecule has 2 rings (SSSR count). The summed E-state index contributed by atoms with van der Waals surface area (Å²) in [5.41, 5.74) is 0.401. The first-order chi connectivity index (χ1) is 5.77. The highest BCUT2D eigenvalue weighted by atomic mass is 16.2. The van der Waals surface area contributed by atoms with E-state index < -0.39 is 18.0 Å². The summed E-state index contributed by atoms with van der Waals surface area (Å²) in [5, 5.41) is 13.9. The molecule has 3 amide bonds. The molecule has 7 nitrogen and oxygen atoms in total. The van der Waals surface area contributed by atoms with Gasteiger partial charge in [-0.05, 0) is 0 Å². The van der Waals surface area contributed by atoms with Gasteiger partial charge < -0.3 is 5.32 Å². The fourth-order valence-corrected chi connectivity index (χ4v) is 0.977. The highest BCUT2D eigenvalue weighted by Crippen LogP contribution is 2.11. The molecule has 1 saturated heterocycles. The van der Waals surface area contributed by atoms with Crippen LogP contribution >= 0.6 is 0 Å². The predicted octanol–water partition coefficient (Wildman–Crippen LogP) is -1.31. The molecule has 0 saturated carbocycles. The summed E-state index contributed by atoms with van der Waals surface area (Å²) < 4.78 is 0. The summed E-state index contributed by atoms with van der Waals surface area (Å²) in [6, 6.07) is -1.22. The van der Waals surface area contributed by atoms with Crippen molar-refractivity contribution >= 4 is 11.9 Å². The summed E-state index contributed by atoms with van der Waals surface area (Å²) in [7, 11) is 0. The number of carbonyl (C=O) groups excluding carboxylic acids is 2. The molecule has 0 spiro atoms. The molecule has 1 aliphatic rings. The topological polar surface area (TPSA) is 99.8 Å². The van der Waals surface area contributed by atoms with Gasteiger partial charge >= 0.3 is 6.03 Å². The zero-order valence-electron chi connectivity index (χ0n) is 5.87. The first-order valence-electron chi connectivity index (χ1n) is 3.25. The van der Waals surface area contributed by atoms with Crippen molar-refractivity contribution in [2.24, 2.45) is 0 Å². The van der Waals surface area contributed by atoms with Gasteiger partial charge in [-0.2, -0.15) is 0 Å². The summed E-state index contributed by atoms with van der Waals surface area (Å²) >= 11 is 0. The van der Waals surface area contributed by atoms with Crippen LogP contribution in [0.15, 0.2) is 6.20 Å². The highest BCUT2D eigenvalue weighted by molar-refractivity contribution is 6.04. The van der Waals surface area contributed by atoms with Gasteiger partial charge in [-0.25, -0.2) is 4.79 Å². The lowest BCUT2D eigenvalue weighted by atomic mass is 10.2. The van der Waals surface area contributed by atoms with E-state index in [9.17, 15) is 9.59 Å². The van der Waals surface area contributed by atoms with Crippen LogP contribution in [-0.2, 0) is 4.79 Å². The van der Waals surface area contributed by atoms with Gasteiger partial charge in [-0.1, -0.05) is 5.21 Å². The molecule has 1 aromatic rings. The SMILES string of the molecule is O=C1NC(=O)C(c2c[nH]nn2)N1. The van der Waals surface area contributed by atoms with Crippen LogP contribution in [0.5, 0.6) is 0 Å². The second-order valence-electron chi connectivity index (χ2n) is 2.29. The van der Waals surface area contributed by atoms with Crippen LogP contribution in [0.2, 0.25) is 0 Å². The number of nitrogens with one attached hydrogen (secondary N) is 3. The molecule has 1 aliphatic heterocycles. The smallest absolute Gasteiger partial charge is 0.320 e. The average Bonchev–Trinajstić information content (AvgIpc) is 2.58. The highest BCUT2D eigenvalue weighted by Gasteiger charge is 2.32. The monoisotopic (exact) mass is 167 g/mol. The molecule has 1 fully saturated rings. The molecule has 1 atom stereocenters. The third-order valence-corrected chi connectivity index (χ3v) is 1.51. The molecule has 0 radical (unpaired) electrons. The molecular weight excluding hydrogens is 162 g/mol. The summed E-state index contributed by atoms with van der Waals surface area (Å²) in [6.45, 7) is 0. The number of aromatic nitrogens is 3. The molecule has 0 aromatic carbocycles. The predicted molar refractivity (Wildman–Crippen MR) is 35.8 cm³/mol. The average molecular weight is 167 g/mol. The number of hydrogen-bond acceptors (Lipinski definition) is 4. The lowest BCUT2D eigenvalue weighted by molar-refractivity contribution is -0.120. The van der Waals surface area contributed by atoms with E-state index in [4.69, 9.17) is 0 Å². The molecule has 1 unspecified atom stereocenters. The lowest BCUT2D eigenvalue weighted by Crippen LogP contribution is -2.22. The van der Waals surface area contributed by atoms with Crippen LogP contribution in [0, 0.1) is 0 Å². The van der Waals surface area contributed by atoms with Gasteiger partial charge in [-0.15, -0.1) is 5.10 Å². The van der Waals surface area contributed by atoms with Crippen molar-refractivity contribution in [1.29, 1.82) is 0 Å². The zero-order valence-corrected chi connectivity index (χ0v) is 5.87. The second kappa shape index (κ2) is 2.29. The van der Waals surface area contributed by atoms with Gasteiger partial charge in [0.1, 0.15) is 5.69 Å². The largest absolute Gasteiger partial charge is 0.322 e. The minimum Gasteiger partial charge on any atom is -0.320 e. The van der Waals surface area contributed by atoms with Crippen molar-refractivity contribution in [3.05, 3.63) is 11.9 Å². The molecule has 2 heterocycles. The van der Waals surface area contributed by atoms with Gasteiger partial charge in [0, 0.05) is 6.20 Å². The Bertz CT molecular complexity index is 319. The molecule has 1 aromatic heterocycles. The van der Waals surface area contributed by atoms with Crippen molar-refractivity contribution in [3.8, 4) is 0 Å². The van der Waals surface area contributed by atoms with Crippen LogP contribution < -0.4 is 10.6 Å². The zero-order chi connectivity index (χ0) is 8.55. The second-order valence-corrected chi connectivity index (χ2v) is 2.29. The van der Waals surface area contributed by atoms with E-state index in [1.165, 1.54) is 6.20 Å². The maximum atomic E-state index is 11.0. The van der Waals surface area contributed by atoms with Gasteiger partial charge in [0.25, 0.3) is 5.91 Å². The molecular formula is C5H5N5O2. The molecule has 7 heteroatoms. The Labute approximate surface area is 66.5 Å². The number of H-pyrrole nitrogens is 1. The standard InChI is InChI=1S/C5H5N5O2/c11-4-3(7-5(12)8-4)2-1-6-10-9-2/h1,3H,(H,6,9,10)(H2,7,8,11,12). The van der Waals surface area contributed by atoms with Crippen molar-refractivity contribution < 1.29 is 9.59 Å². The van der Waals surface area contributed by atoms with E-state index in [1.807, 2.05) is 0 Å². The van der Waals surface area contributed by atoms with E-state index in [2.05, 4.69) is 26.0 Å². The maximum Gasteiger partial charge on any atom is 0.322 e. The number of imide groups is 1. The third-order valence-electron chi connectivity index (χ3n) is 1.51. The van der Waals surface area contributed by atoms with E-state index in [0.29, 0.717) is 5.69 Å².